The van der Waals surface area contributed by atoms with Gasteiger partial charge >= 0.3 is 0 Å². The molecule has 0 saturated carbocycles. The van der Waals surface area contributed by atoms with Gasteiger partial charge in [-0.05, 0) is 35.7 Å². The molecule has 3 heteroatoms. The van der Waals surface area contributed by atoms with E-state index in [0.29, 0.717) is 5.69 Å². The van der Waals surface area contributed by atoms with Crippen molar-refractivity contribution in [3.63, 3.8) is 0 Å². The first-order valence-corrected chi connectivity index (χ1v) is 7.23. The normalized spacial score (nSPS) is 13.5. The molecule has 1 amide bonds. The third-order valence-corrected chi connectivity index (χ3v) is 3.77. The van der Waals surface area contributed by atoms with E-state index in [4.69, 9.17) is 0 Å². The number of anilines is 1. The van der Waals surface area contributed by atoms with Gasteiger partial charge in [-0.2, -0.15) is 0 Å². The molecule has 0 fully saturated rings. The molecule has 2 nitrogen and oxygen atoms in total. The topological polar surface area (TPSA) is 29.1 Å². The molecule has 0 aliphatic carbocycles. The Morgan fingerprint density at radius 2 is 1.71 bits per heavy atom. The minimum absolute atomic E-state index is 0.0536. The van der Waals surface area contributed by atoms with Crippen molar-refractivity contribution in [1.29, 1.82) is 0 Å². The van der Waals surface area contributed by atoms with Crippen molar-refractivity contribution in [3.05, 3.63) is 66.0 Å². The number of amides is 1. The zero-order valence-corrected chi connectivity index (χ0v) is 12.3. The molecule has 0 aliphatic rings. The number of hydrogen-bond donors (Lipinski definition) is 1. The van der Waals surface area contributed by atoms with Crippen LogP contribution in [-0.2, 0) is 4.79 Å². The lowest BCUT2D eigenvalue weighted by Crippen LogP contribution is -2.26. The summed E-state index contributed by atoms with van der Waals surface area (Å²) < 4.78 is 12.9. The fourth-order valence-corrected chi connectivity index (χ4v) is 2.39. The fourth-order valence-electron chi connectivity index (χ4n) is 2.39. The molecule has 21 heavy (non-hydrogen) atoms. The van der Waals surface area contributed by atoms with Gasteiger partial charge in [-0.15, -0.1) is 0 Å². The van der Waals surface area contributed by atoms with Crippen LogP contribution in [-0.4, -0.2) is 5.91 Å². The van der Waals surface area contributed by atoms with Crippen LogP contribution >= 0.6 is 0 Å². The Morgan fingerprint density at radius 1 is 1.10 bits per heavy atom. The summed E-state index contributed by atoms with van der Waals surface area (Å²) >= 11 is 0. The number of rotatable bonds is 5. The minimum Gasteiger partial charge on any atom is -0.326 e. The molecule has 2 aromatic rings. The summed E-state index contributed by atoms with van der Waals surface area (Å²) in [6.45, 7) is 4.15. The molecule has 0 aromatic heterocycles. The van der Waals surface area contributed by atoms with E-state index < -0.39 is 0 Å². The van der Waals surface area contributed by atoms with E-state index in [-0.39, 0.29) is 23.6 Å². The van der Waals surface area contributed by atoms with Crippen molar-refractivity contribution in [2.45, 2.75) is 26.2 Å². The Balaban J connectivity index is 2.20. The summed E-state index contributed by atoms with van der Waals surface area (Å²) in [5.74, 6) is -0.342. The second-order valence-corrected chi connectivity index (χ2v) is 5.27. The highest BCUT2D eigenvalue weighted by Crippen LogP contribution is 2.28. The smallest absolute Gasteiger partial charge is 0.232 e. The van der Waals surface area contributed by atoms with Crippen LogP contribution < -0.4 is 5.32 Å². The number of halogens is 1. The van der Waals surface area contributed by atoms with Crippen LogP contribution in [0.25, 0.3) is 0 Å². The van der Waals surface area contributed by atoms with Crippen LogP contribution in [0.15, 0.2) is 54.6 Å². The van der Waals surface area contributed by atoms with Gasteiger partial charge in [-0.3, -0.25) is 4.79 Å². The van der Waals surface area contributed by atoms with Gasteiger partial charge in [-0.1, -0.05) is 50.6 Å². The molecule has 2 atom stereocenters. The van der Waals surface area contributed by atoms with Gasteiger partial charge in [0, 0.05) is 5.69 Å². The summed E-state index contributed by atoms with van der Waals surface area (Å²) in [6, 6.07) is 15.6. The van der Waals surface area contributed by atoms with Gasteiger partial charge in [-0.25, -0.2) is 4.39 Å². The first-order chi connectivity index (χ1) is 10.1. The summed E-state index contributed by atoms with van der Waals surface area (Å²) in [5.41, 5.74) is 1.62. The summed E-state index contributed by atoms with van der Waals surface area (Å²) in [4.78, 5) is 12.6. The lowest BCUT2D eigenvalue weighted by atomic mass is 9.85. The standard InChI is InChI=1S/C18H20FNO/c1-3-13(2)17(14-7-5-4-6-8-14)18(21)20-16-11-9-15(19)10-12-16/h4-13,17H,3H2,1-2H3,(H,20,21). The molecule has 0 heterocycles. The van der Waals surface area contributed by atoms with E-state index in [1.165, 1.54) is 12.1 Å². The predicted molar refractivity (Wildman–Crippen MR) is 83.7 cm³/mol. The average Bonchev–Trinajstić information content (AvgIpc) is 2.50. The van der Waals surface area contributed by atoms with Gasteiger partial charge in [0.05, 0.1) is 5.92 Å². The highest BCUT2D eigenvalue weighted by Gasteiger charge is 2.25. The maximum atomic E-state index is 12.9. The quantitative estimate of drug-likeness (QED) is 0.855. The fraction of sp³-hybridized carbons (Fsp3) is 0.278. The Kier molecular flexibility index (Phi) is 5.09. The van der Waals surface area contributed by atoms with Crippen molar-refractivity contribution in [3.8, 4) is 0 Å². The van der Waals surface area contributed by atoms with E-state index >= 15 is 0 Å². The molecule has 0 radical (unpaired) electrons. The molecule has 0 bridgehead atoms. The molecular formula is C18H20FNO. The van der Waals surface area contributed by atoms with Crippen LogP contribution in [0, 0.1) is 11.7 Å². The van der Waals surface area contributed by atoms with Crippen LogP contribution in [0.4, 0.5) is 10.1 Å². The zero-order valence-electron chi connectivity index (χ0n) is 12.3. The van der Waals surface area contributed by atoms with Crippen molar-refractivity contribution < 1.29 is 9.18 Å². The SMILES string of the molecule is CCC(C)C(C(=O)Nc1ccc(F)cc1)c1ccccc1. The van der Waals surface area contributed by atoms with E-state index in [0.717, 1.165) is 12.0 Å². The lowest BCUT2D eigenvalue weighted by molar-refractivity contribution is -0.118. The molecule has 1 N–H and O–H groups in total. The van der Waals surface area contributed by atoms with Crippen LogP contribution in [0.2, 0.25) is 0 Å². The van der Waals surface area contributed by atoms with Gasteiger partial charge in [0.2, 0.25) is 5.91 Å². The molecule has 2 rings (SSSR count). The lowest BCUT2D eigenvalue weighted by Gasteiger charge is -2.22. The molecule has 0 spiro atoms. The Bertz CT molecular complexity index is 580. The Hall–Kier alpha value is -2.16. The summed E-state index contributed by atoms with van der Waals surface area (Å²) in [7, 11) is 0. The number of benzene rings is 2. The number of hydrogen-bond acceptors (Lipinski definition) is 1. The van der Waals surface area contributed by atoms with E-state index in [2.05, 4.69) is 19.2 Å². The molecule has 2 aromatic carbocycles. The molecule has 0 aliphatic heterocycles. The van der Waals surface area contributed by atoms with Crippen molar-refractivity contribution >= 4 is 11.6 Å². The average molecular weight is 285 g/mol. The van der Waals surface area contributed by atoms with Crippen LogP contribution in [0.5, 0.6) is 0 Å². The second-order valence-electron chi connectivity index (χ2n) is 5.27. The Labute approximate surface area is 125 Å². The molecular weight excluding hydrogens is 265 g/mol. The van der Waals surface area contributed by atoms with Gasteiger partial charge in [0.15, 0.2) is 0 Å². The second kappa shape index (κ2) is 7.02. The van der Waals surface area contributed by atoms with Crippen LogP contribution in [0.3, 0.4) is 0 Å². The highest BCUT2D eigenvalue weighted by atomic mass is 19.1. The molecule has 0 saturated heterocycles. The van der Waals surface area contributed by atoms with Gasteiger partial charge in [0.1, 0.15) is 5.82 Å². The monoisotopic (exact) mass is 285 g/mol. The molecule has 110 valence electrons. The van der Waals surface area contributed by atoms with E-state index in [1.54, 1.807) is 12.1 Å². The first-order valence-electron chi connectivity index (χ1n) is 7.23. The number of nitrogens with one attached hydrogen (secondary N) is 1. The van der Waals surface area contributed by atoms with Crippen LogP contribution in [0.1, 0.15) is 31.7 Å². The number of carbonyl (C=O) groups excluding carboxylic acids is 1. The van der Waals surface area contributed by atoms with E-state index in [9.17, 15) is 9.18 Å². The van der Waals surface area contributed by atoms with E-state index in [1.807, 2.05) is 30.3 Å². The highest BCUT2D eigenvalue weighted by molar-refractivity contribution is 5.96. The third-order valence-electron chi connectivity index (χ3n) is 3.77. The summed E-state index contributed by atoms with van der Waals surface area (Å²) in [5, 5.41) is 2.88. The maximum Gasteiger partial charge on any atom is 0.232 e. The van der Waals surface area contributed by atoms with Gasteiger partial charge < -0.3 is 5.32 Å². The minimum atomic E-state index is -0.311. The zero-order chi connectivity index (χ0) is 15.2. The number of carbonyl (C=O) groups is 1. The largest absolute Gasteiger partial charge is 0.326 e. The summed E-state index contributed by atoms with van der Waals surface area (Å²) in [6.07, 6.45) is 0.913. The predicted octanol–water partition coefficient (Wildman–Crippen LogP) is 4.59. The van der Waals surface area contributed by atoms with Gasteiger partial charge in [0.25, 0.3) is 0 Å². The maximum absolute atomic E-state index is 12.9. The molecule has 2 unspecified atom stereocenters. The Morgan fingerprint density at radius 3 is 2.29 bits per heavy atom. The van der Waals surface area contributed by atoms with Crippen molar-refractivity contribution in [2.24, 2.45) is 5.92 Å². The first kappa shape index (κ1) is 15.2. The third kappa shape index (κ3) is 3.91. The van der Waals surface area contributed by atoms with Crippen molar-refractivity contribution in [1.82, 2.24) is 0 Å². The van der Waals surface area contributed by atoms with Crippen molar-refractivity contribution in [2.75, 3.05) is 5.32 Å².